The highest BCUT2D eigenvalue weighted by Gasteiger charge is 1.95. The summed E-state index contributed by atoms with van der Waals surface area (Å²) in [7, 11) is 0. The molecule has 0 aliphatic heterocycles. The first kappa shape index (κ1) is 12.1. The molecule has 2 nitrogen and oxygen atoms in total. The van der Waals surface area contributed by atoms with E-state index in [1.807, 2.05) is 6.07 Å². The van der Waals surface area contributed by atoms with Crippen LogP contribution in [0.5, 0.6) is 0 Å². The predicted molar refractivity (Wildman–Crippen MR) is 56.6 cm³/mol. The first-order valence-electron chi connectivity index (χ1n) is 4.80. The largest absolute Gasteiger partial charge is 0.245 e. The molecule has 2 heteroatoms. The lowest BCUT2D eigenvalue weighted by Gasteiger charge is -1.99. The van der Waals surface area contributed by atoms with Gasteiger partial charge in [0.15, 0.2) is 0 Å². The van der Waals surface area contributed by atoms with Crippen LogP contribution in [0.25, 0.3) is 0 Å². The van der Waals surface area contributed by atoms with E-state index in [4.69, 9.17) is 0 Å². The van der Waals surface area contributed by atoms with Crippen molar-refractivity contribution < 1.29 is 0 Å². The standard InChI is InChI=1S/C7H10N2.C4H10/c1-6(2)7-3-4-8-5-9-7;1-4(2)3/h3-6H,1-2H3;4H,1-3H3. The predicted octanol–water partition coefficient (Wildman–Crippen LogP) is 3.26. The van der Waals surface area contributed by atoms with Crippen molar-refractivity contribution in [3.63, 3.8) is 0 Å². The third-order valence-electron chi connectivity index (χ3n) is 1.20. The highest BCUT2D eigenvalue weighted by molar-refractivity contribution is 5.02. The molecule has 0 N–H and O–H groups in total. The van der Waals surface area contributed by atoms with Crippen molar-refractivity contribution in [3.05, 3.63) is 24.3 Å². The summed E-state index contributed by atoms with van der Waals surface area (Å²) in [6.45, 7) is 10.7. The highest BCUT2D eigenvalue weighted by Crippen LogP contribution is 2.07. The molecule has 0 spiro atoms. The Kier molecular flexibility index (Phi) is 6.11. The maximum Gasteiger partial charge on any atom is 0.115 e. The zero-order chi connectivity index (χ0) is 10.3. The lowest BCUT2D eigenvalue weighted by atomic mass is 10.1. The molecular weight excluding hydrogens is 160 g/mol. The first-order valence-corrected chi connectivity index (χ1v) is 4.80. The van der Waals surface area contributed by atoms with Crippen LogP contribution >= 0.6 is 0 Å². The normalized spacial score (nSPS) is 9.77. The molecule has 0 aliphatic rings. The number of hydrogen-bond donors (Lipinski definition) is 0. The Bertz CT molecular complexity index is 202. The maximum atomic E-state index is 4.07. The van der Waals surface area contributed by atoms with Gasteiger partial charge in [0.2, 0.25) is 0 Å². The van der Waals surface area contributed by atoms with Gasteiger partial charge in [-0.25, -0.2) is 9.97 Å². The summed E-state index contributed by atoms with van der Waals surface area (Å²) in [4.78, 5) is 7.88. The van der Waals surface area contributed by atoms with Crippen LogP contribution < -0.4 is 0 Å². The second-order valence-electron chi connectivity index (χ2n) is 4.02. The van der Waals surface area contributed by atoms with Crippen LogP contribution in [0.2, 0.25) is 0 Å². The van der Waals surface area contributed by atoms with E-state index in [9.17, 15) is 0 Å². The fourth-order valence-electron chi connectivity index (χ4n) is 0.642. The lowest BCUT2D eigenvalue weighted by molar-refractivity contribution is 0.737. The molecule has 0 atom stereocenters. The fourth-order valence-corrected chi connectivity index (χ4v) is 0.642. The Hall–Kier alpha value is -0.920. The van der Waals surface area contributed by atoms with E-state index in [2.05, 4.69) is 44.6 Å². The summed E-state index contributed by atoms with van der Waals surface area (Å²) in [5.74, 6) is 1.34. The minimum atomic E-state index is 0.507. The molecule has 0 saturated carbocycles. The third kappa shape index (κ3) is 7.44. The molecule has 0 radical (unpaired) electrons. The Labute approximate surface area is 81.4 Å². The molecule has 1 rings (SSSR count). The van der Waals surface area contributed by atoms with Gasteiger partial charge in [0.25, 0.3) is 0 Å². The van der Waals surface area contributed by atoms with Gasteiger partial charge in [-0.2, -0.15) is 0 Å². The van der Waals surface area contributed by atoms with E-state index in [0.29, 0.717) is 5.92 Å². The number of aromatic nitrogens is 2. The van der Waals surface area contributed by atoms with Crippen LogP contribution in [0.3, 0.4) is 0 Å². The molecule has 1 aromatic heterocycles. The number of hydrogen-bond acceptors (Lipinski definition) is 2. The highest BCUT2D eigenvalue weighted by atomic mass is 14.8. The second-order valence-corrected chi connectivity index (χ2v) is 4.02. The monoisotopic (exact) mass is 180 g/mol. The summed E-state index contributed by atoms with van der Waals surface area (Å²) in [5, 5.41) is 0. The summed E-state index contributed by atoms with van der Waals surface area (Å²) >= 11 is 0. The summed E-state index contributed by atoms with van der Waals surface area (Å²) in [6.07, 6.45) is 3.34. The van der Waals surface area contributed by atoms with E-state index in [-0.39, 0.29) is 0 Å². The fraction of sp³-hybridized carbons (Fsp3) is 0.636. The second kappa shape index (κ2) is 6.58. The molecule has 1 heterocycles. The molecule has 1 aromatic rings. The SMILES string of the molecule is CC(C)C.CC(C)c1ccncn1. The van der Waals surface area contributed by atoms with E-state index in [1.54, 1.807) is 12.5 Å². The van der Waals surface area contributed by atoms with Gasteiger partial charge in [-0.1, -0.05) is 34.6 Å². The number of rotatable bonds is 1. The van der Waals surface area contributed by atoms with Gasteiger partial charge in [-0.05, 0) is 17.9 Å². The maximum absolute atomic E-state index is 4.07. The Morgan fingerprint density at radius 2 is 1.62 bits per heavy atom. The van der Waals surface area contributed by atoms with Crippen LogP contribution in [0.15, 0.2) is 18.6 Å². The van der Waals surface area contributed by atoms with Crippen LogP contribution in [0.1, 0.15) is 46.2 Å². The third-order valence-corrected chi connectivity index (χ3v) is 1.20. The van der Waals surface area contributed by atoms with E-state index < -0.39 is 0 Å². The van der Waals surface area contributed by atoms with E-state index in [1.165, 1.54) is 0 Å². The molecule has 0 saturated heterocycles. The summed E-state index contributed by atoms with van der Waals surface area (Å²) < 4.78 is 0. The Morgan fingerprint density at radius 1 is 1.08 bits per heavy atom. The van der Waals surface area contributed by atoms with Crippen LogP contribution in [-0.2, 0) is 0 Å². The van der Waals surface area contributed by atoms with Gasteiger partial charge in [0.1, 0.15) is 6.33 Å². The molecule has 0 aromatic carbocycles. The average Bonchev–Trinajstić information content (AvgIpc) is 2.05. The summed E-state index contributed by atoms with van der Waals surface area (Å²) in [5.41, 5.74) is 1.10. The molecule has 0 unspecified atom stereocenters. The van der Waals surface area contributed by atoms with Crippen LogP contribution in [-0.4, -0.2) is 9.97 Å². The minimum Gasteiger partial charge on any atom is -0.245 e. The molecule has 0 amide bonds. The topological polar surface area (TPSA) is 25.8 Å². The van der Waals surface area contributed by atoms with Crippen molar-refractivity contribution >= 4 is 0 Å². The van der Waals surface area contributed by atoms with Crippen molar-refractivity contribution in [2.45, 2.75) is 40.5 Å². The summed E-state index contributed by atoms with van der Waals surface area (Å²) in [6, 6.07) is 1.94. The average molecular weight is 180 g/mol. The van der Waals surface area contributed by atoms with Gasteiger partial charge < -0.3 is 0 Å². The van der Waals surface area contributed by atoms with Crippen LogP contribution in [0, 0.1) is 5.92 Å². The number of nitrogens with zero attached hydrogens (tertiary/aromatic N) is 2. The van der Waals surface area contributed by atoms with Crippen molar-refractivity contribution in [2.24, 2.45) is 5.92 Å². The molecule has 13 heavy (non-hydrogen) atoms. The first-order chi connectivity index (χ1) is 6.04. The van der Waals surface area contributed by atoms with Gasteiger partial charge in [-0.3, -0.25) is 0 Å². The molecule has 0 aliphatic carbocycles. The van der Waals surface area contributed by atoms with E-state index >= 15 is 0 Å². The molecule has 0 fully saturated rings. The van der Waals surface area contributed by atoms with Crippen molar-refractivity contribution in [1.82, 2.24) is 9.97 Å². The van der Waals surface area contributed by atoms with Gasteiger partial charge >= 0.3 is 0 Å². The zero-order valence-electron chi connectivity index (χ0n) is 9.28. The van der Waals surface area contributed by atoms with Crippen molar-refractivity contribution in [1.29, 1.82) is 0 Å². The smallest absolute Gasteiger partial charge is 0.115 e. The minimum absolute atomic E-state index is 0.507. The quantitative estimate of drug-likeness (QED) is 0.663. The molecule has 74 valence electrons. The zero-order valence-corrected chi connectivity index (χ0v) is 9.28. The van der Waals surface area contributed by atoms with E-state index in [0.717, 1.165) is 11.6 Å². The van der Waals surface area contributed by atoms with Gasteiger partial charge in [0, 0.05) is 11.9 Å². The van der Waals surface area contributed by atoms with Crippen molar-refractivity contribution in [2.75, 3.05) is 0 Å². The molecular formula is C11H20N2. The lowest BCUT2D eigenvalue weighted by Crippen LogP contribution is -1.90. The molecule has 0 bridgehead atoms. The van der Waals surface area contributed by atoms with Gasteiger partial charge in [0.05, 0.1) is 0 Å². The Balaban J connectivity index is 0.000000310. The van der Waals surface area contributed by atoms with Crippen molar-refractivity contribution in [3.8, 4) is 0 Å². The van der Waals surface area contributed by atoms with Gasteiger partial charge in [-0.15, -0.1) is 0 Å². The Morgan fingerprint density at radius 3 is 1.85 bits per heavy atom. The van der Waals surface area contributed by atoms with Crippen LogP contribution in [0.4, 0.5) is 0 Å².